The van der Waals surface area contributed by atoms with Crippen LogP contribution in [0.5, 0.6) is 0 Å². The van der Waals surface area contributed by atoms with Crippen LogP contribution < -0.4 is 0 Å². The van der Waals surface area contributed by atoms with E-state index in [0.29, 0.717) is 12.5 Å². The van der Waals surface area contributed by atoms with Crippen LogP contribution in [0.4, 0.5) is 0 Å². The fourth-order valence-electron chi connectivity index (χ4n) is 3.19. The van der Waals surface area contributed by atoms with E-state index >= 15 is 0 Å². The number of hydrogen-bond acceptors (Lipinski definition) is 3. The molecule has 4 heteroatoms. The molecule has 0 bridgehead atoms. The SMILES string of the molecule is C/C(=N\OCc1ccc(C(C)C)cc1)c1ccc(-c2cccc(CC(=O)O)c2)cc1. The second-order valence-electron chi connectivity index (χ2n) is 7.69. The highest BCUT2D eigenvalue weighted by Crippen LogP contribution is 2.22. The summed E-state index contributed by atoms with van der Waals surface area (Å²) in [5, 5.41) is 13.2. The number of hydrogen-bond donors (Lipinski definition) is 1. The number of benzene rings is 3. The van der Waals surface area contributed by atoms with Crippen molar-refractivity contribution >= 4 is 11.7 Å². The first kappa shape index (κ1) is 21.3. The van der Waals surface area contributed by atoms with Gasteiger partial charge in [0.2, 0.25) is 0 Å². The zero-order chi connectivity index (χ0) is 21.5. The highest BCUT2D eigenvalue weighted by atomic mass is 16.6. The Balaban J connectivity index is 1.63. The van der Waals surface area contributed by atoms with Crippen LogP contribution in [-0.2, 0) is 22.7 Å². The van der Waals surface area contributed by atoms with Crippen LogP contribution in [0.15, 0.2) is 78.0 Å². The zero-order valence-corrected chi connectivity index (χ0v) is 17.6. The average molecular weight is 402 g/mol. The number of oxime groups is 1. The maximum Gasteiger partial charge on any atom is 0.307 e. The van der Waals surface area contributed by atoms with Gasteiger partial charge >= 0.3 is 5.97 Å². The van der Waals surface area contributed by atoms with Crippen molar-refractivity contribution in [1.29, 1.82) is 0 Å². The fraction of sp³-hybridized carbons (Fsp3) is 0.231. The number of carboxylic acid groups (broad SMARTS) is 1. The van der Waals surface area contributed by atoms with Crippen LogP contribution in [0, 0.1) is 0 Å². The molecule has 0 unspecified atom stereocenters. The highest BCUT2D eigenvalue weighted by Gasteiger charge is 2.05. The van der Waals surface area contributed by atoms with Gasteiger partial charge in [0, 0.05) is 0 Å². The zero-order valence-electron chi connectivity index (χ0n) is 17.6. The molecule has 1 N–H and O–H groups in total. The number of nitrogens with zero attached hydrogens (tertiary/aromatic N) is 1. The molecule has 0 aliphatic heterocycles. The molecule has 0 amide bonds. The Bertz CT molecular complexity index is 1020. The van der Waals surface area contributed by atoms with Crippen molar-refractivity contribution in [2.24, 2.45) is 5.16 Å². The Morgan fingerprint density at radius 2 is 1.63 bits per heavy atom. The van der Waals surface area contributed by atoms with Gasteiger partial charge in [-0.05, 0) is 46.2 Å². The van der Waals surface area contributed by atoms with E-state index in [1.807, 2.05) is 55.5 Å². The summed E-state index contributed by atoms with van der Waals surface area (Å²) in [6, 6.07) is 24.0. The first-order valence-corrected chi connectivity index (χ1v) is 10.1. The van der Waals surface area contributed by atoms with Crippen molar-refractivity contribution in [2.75, 3.05) is 0 Å². The lowest BCUT2D eigenvalue weighted by Gasteiger charge is -2.08. The summed E-state index contributed by atoms with van der Waals surface area (Å²) >= 11 is 0. The summed E-state index contributed by atoms with van der Waals surface area (Å²) in [7, 11) is 0. The van der Waals surface area contributed by atoms with E-state index < -0.39 is 5.97 Å². The minimum atomic E-state index is -0.829. The van der Waals surface area contributed by atoms with E-state index in [-0.39, 0.29) is 6.42 Å². The Morgan fingerprint density at radius 1 is 0.933 bits per heavy atom. The average Bonchev–Trinajstić information content (AvgIpc) is 2.74. The van der Waals surface area contributed by atoms with E-state index in [2.05, 4.69) is 43.3 Å². The van der Waals surface area contributed by atoms with E-state index in [4.69, 9.17) is 9.94 Å². The molecule has 3 aromatic carbocycles. The van der Waals surface area contributed by atoms with Gasteiger partial charge in [0.15, 0.2) is 0 Å². The molecule has 0 aliphatic carbocycles. The Hall–Kier alpha value is -3.40. The van der Waals surface area contributed by atoms with Crippen molar-refractivity contribution < 1.29 is 14.7 Å². The van der Waals surface area contributed by atoms with Crippen molar-refractivity contribution in [1.82, 2.24) is 0 Å². The second-order valence-corrected chi connectivity index (χ2v) is 7.69. The van der Waals surface area contributed by atoms with Gasteiger partial charge in [-0.2, -0.15) is 0 Å². The predicted molar refractivity (Wildman–Crippen MR) is 121 cm³/mol. The maximum atomic E-state index is 10.9. The molecule has 0 spiro atoms. The Kier molecular flexibility index (Phi) is 7.02. The summed E-state index contributed by atoms with van der Waals surface area (Å²) in [4.78, 5) is 16.5. The monoisotopic (exact) mass is 401 g/mol. The third-order valence-corrected chi connectivity index (χ3v) is 5.00. The van der Waals surface area contributed by atoms with Crippen molar-refractivity contribution in [3.05, 3.63) is 95.1 Å². The van der Waals surface area contributed by atoms with Gasteiger partial charge in [0.25, 0.3) is 0 Å². The smallest absolute Gasteiger partial charge is 0.307 e. The van der Waals surface area contributed by atoms with Gasteiger partial charge in [0.1, 0.15) is 6.61 Å². The summed E-state index contributed by atoms with van der Waals surface area (Å²) in [5.74, 6) is -0.312. The molecule has 4 nitrogen and oxygen atoms in total. The topological polar surface area (TPSA) is 58.9 Å². The van der Waals surface area contributed by atoms with Crippen LogP contribution in [0.3, 0.4) is 0 Å². The molecule has 3 aromatic rings. The second kappa shape index (κ2) is 9.88. The van der Waals surface area contributed by atoms with E-state index in [1.165, 1.54) is 5.56 Å². The summed E-state index contributed by atoms with van der Waals surface area (Å²) in [6.45, 7) is 6.71. The molecular formula is C26H27NO3. The summed E-state index contributed by atoms with van der Waals surface area (Å²) < 4.78 is 0. The molecule has 30 heavy (non-hydrogen) atoms. The lowest BCUT2D eigenvalue weighted by atomic mass is 10.00. The van der Waals surface area contributed by atoms with Crippen LogP contribution in [0.2, 0.25) is 0 Å². The number of aliphatic carboxylic acids is 1. The minimum absolute atomic E-state index is 0.0230. The minimum Gasteiger partial charge on any atom is -0.481 e. The van der Waals surface area contributed by atoms with Gasteiger partial charge in [-0.3, -0.25) is 4.79 Å². The van der Waals surface area contributed by atoms with Gasteiger partial charge in [-0.1, -0.05) is 91.8 Å². The third-order valence-electron chi connectivity index (χ3n) is 5.00. The molecule has 154 valence electrons. The van der Waals surface area contributed by atoms with Gasteiger partial charge in [0.05, 0.1) is 12.1 Å². The first-order chi connectivity index (χ1) is 14.4. The molecule has 0 fully saturated rings. The fourth-order valence-corrected chi connectivity index (χ4v) is 3.19. The van der Waals surface area contributed by atoms with Gasteiger partial charge in [-0.15, -0.1) is 0 Å². The highest BCUT2D eigenvalue weighted by molar-refractivity contribution is 5.98. The van der Waals surface area contributed by atoms with Crippen molar-refractivity contribution in [2.45, 2.75) is 39.7 Å². The van der Waals surface area contributed by atoms with Crippen LogP contribution >= 0.6 is 0 Å². The number of carboxylic acids is 1. The molecule has 0 radical (unpaired) electrons. The molecular weight excluding hydrogens is 374 g/mol. The van der Waals surface area contributed by atoms with Gasteiger partial charge in [-0.25, -0.2) is 0 Å². The lowest BCUT2D eigenvalue weighted by Crippen LogP contribution is -2.00. The predicted octanol–water partition coefficient (Wildman–Crippen LogP) is 6.04. The Labute approximate surface area is 177 Å². The molecule has 0 heterocycles. The number of carbonyl (C=O) groups is 1. The molecule has 0 aliphatic rings. The maximum absolute atomic E-state index is 10.9. The van der Waals surface area contributed by atoms with E-state index in [0.717, 1.165) is 33.5 Å². The molecule has 0 saturated heterocycles. The van der Waals surface area contributed by atoms with Crippen LogP contribution in [-0.4, -0.2) is 16.8 Å². The summed E-state index contributed by atoms with van der Waals surface area (Å²) in [5.41, 5.74) is 7.01. The molecule has 0 aromatic heterocycles. The van der Waals surface area contributed by atoms with E-state index in [1.54, 1.807) is 0 Å². The lowest BCUT2D eigenvalue weighted by molar-refractivity contribution is -0.136. The van der Waals surface area contributed by atoms with Gasteiger partial charge < -0.3 is 9.94 Å². The van der Waals surface area contributed by atoms with E-state index in [9.17, 15) is 4.79 Å². The molecule has 0 saturated carbocycles. The van der Waals surface area contributed by atoms with Crippen LogP contribution in [0.1, 0.15) is 48.9 Å². The molecule has 3 rings (SSSR count). The Morgan fingerprint density at radius 3 is 2.27 bits per heavy atom. The third kappa shape index (κ3) is 5.80. The largest absolute Gasteiger partial charge is 0.481 e. The standard InChI is InChI=1S/C26H27NO3/c1-18(2)22-9-7-20(8-10-22)17-30-27-19(3)23-11-13-24(14-12-23)25-6-4-5-21(15-25)16-26(28)29/h4-15,18H,16-17H2,1-3H3,(H,28,29)/b27-19+. The van der Waals surface area contributed by atoms with Crippen molar-refractivity contribution in [3.63, 3.8) is 0 Å². The quantitative estimate of drug-likeness (QED) is 0.369. The first-order valence-electron chi connectivity index (χ1n) is 10.1. The summed E-state index contributed by atoms with van der Waals surface area (Å²) in [6.07, 6.45) is 0.0230. The number of rotatable bonds is 8. The normalized spacial score (nSPS) is 11.5. The molecule has 0 atom stereocenters. The van der Waals surface area contributed by atoms with Crippen LogP contribution in [0.25, 0.3) is 11.1 Å². The van der Waals surface area contributed by atoms with Crippen molar-refractivity contribution in [3.8, 4) is 11.1 Å².